The molecule has 23 heavy (non-hydrogen) atoms. The number of aliphatic hydroxyl groups excluding tert-OH is 1. The summed E-state index contributed by atoms with van der Waals surface area (Å²) in [5, 5.41) is 11.1. The summed E-state index contributed by atoms with van der Waals surface area (Å²) in [6.45, 7) is 3.39. The number of Topliss-reactive ketones (excluding diaryl/α,β-unsaturated/α-hetero) is 2. The van der Waals surface area contributed by atoms with Gasteiger partial charge in [-0.3, -0.25) is 14.6 Å². The van der Waals surface area contributed by atoms with Crippen molar-refractivity contribution in [2.24, 2.45) is 0 Å². The summed E-state index contributed by atoms with van der Waals surface area (Å²) < 4.78 is 0. The first-order valence-corrected chi connectivity index (χ1v) is 8.14. The normalized spacial score (nSPS) is 16.2. The Morgan fingerprint density at radius 1 is 1.35 bits per heavy atom. The third kappa shape index (κ3) is 3.07. The summed E-state index contributed by atoms with van der Waals surface area (Å²) in [5.41, 5.74) is 2.59. The van der Waals surface area contributed by atoms with Crippen molar-refractivity contribution in [3.8, 4) is 0 Å². The average molecular weight is 328 g/mol. The van der Waals surface area contributed by atoms with Gasteiger partial charge in [0.15, 0.2) is 0 Å². The topological polar surface area (TPSA) is 80.2 Å². The molecule has 5 nitrogen and oxygen atoms in total. The zero-order chi connectivity index (χ0) is 16.6. The van der Waals surface area contributed by atoms with Gasteiger partial charge in [0.05, 0.1) is 17.0 Å². The smallest absolute Gasteiger partial charge is 0.204 e. The molecule has 2 heterocycles. The second-order valence-electron chi connectivity index (χ2n) is 5.67. The van der Waals surface area contributed by atoms with Gasteiger partial charge in [0, 0.05) is 23.5 Å². The standard InChI is InChI=1S/C17H16N2O3S/c1-9-5-11(8-18-7-9)15(21)12-3-4-13-17(16(12)22)23-14(19-13)6-10(2)20/h5,7-8,21H,3-4,6H2,1-2H3/b15-12-. The number of nitrogens with zero attached hydrogens (tertiary/aromatic N) is 2. The number of hydrogen-bond donors (Lipinski definition) is 1. The third-order valence-corrected chi connectivity index (χ3v) is 4.76. The van der Waals surface area contributed by atoms with Crippen LogP contribution >= 0.6 is 11.3 Å². The number of thiazole rings is 1. The molecule has 0 saturated heterocycles. The first-order chi connectivity index (χ1) is 11.0. The van der Waals surface area contributed by atoms with Gasteiger partial charge in [0.2, 0.25) is 5.78 Å². The lowest BCUT2D eigenvalue weighted by Gasteiger charge is -2.14. The van der Waals surface area contributed by atoms with Gasteiger partial charge in [-0.05, 0) is 38.3 Å². The van der Waals surface area contributed by atoms with E-state index in [1.165, 1.54) is 18.3 Å². The van der Waals surface area contributed by atoms with E-state index in [4.69, 9.17) is 0 Å². The fourth-order valence-corrected chi connectivity index (χ4v) is 3.76. The summed E-state index contributed by atoms with van der Waals surface area (Å²) in [5.74, 6) is -0.191. The molecule has 6 heteroatoms. The molecule has 0 aliphatic heterocycles. The van der Waals surface area contributed by atoms with Crippen molar-refractivity contribution in [1.29, 1.82) is 0 Å². The summed E-state index contributed by atoms with van der Waals surface area (Å²) in [4.78, 5) is 32.9. The number of rotatable bonds is 3. The summed E-state index contributed by atoms with van der Waals surface area (Å²) in [7, 11) is 0. The molecule has 2 aromatic heterocycles. The van der Waals surface area contributed by atoms with Gasteiger partial charge in [-0.15, -0.1) is 11.3 Å². The van der Waals surface area contributed by atoms with Crippen molar-refractivity contribution in [1.82, 2.24) is 9.97 Å². The fourth-order valence-electron chi connectivity index (χ4n) is 2.61. The van der Waals surface area contributed by atoms with Crippen LogP contribution in [0.25, 0.3) is 5.76 Å². The van der Waals surface area contributed by atoms with E-state index in [1.54, 1.807) is 18.5 Å². The number of carbonyl (C=O) groups excluding carboxylic acids is 2. The lowest BCUT2D eigenvalue weighted by atomic mass is 9.93. The highest BCUT2D eigenvalue weighted by molar-refractivity contribution is 7.14. The van der Waals surface area contributed by atoms with Gasteiger partial charge in [-0.1, -0.05) is 0 Å². The Balaban J connectivity index is 1.98. The number of aromatic nitrogens is 2. The predicted molar refractivity (Wildman–Crippen MR) is 87.7 cm³/mol. The van der Waals surface area contributed by atoms with Gasteiger partial charge in [-0.2, -0.15) is 0 Å². The van der Waals surface area contributed by atoms with E-state index in [1.807, 2.05) is 6.92 Å². The molecule has 1 aliphatic rings. The Labute approximate surface area is 137 Å². The van der Waals surface area contributed by atoms with Crippen LogP contribution in [0.5, 0.6) is 0 Å². The molecule has 1 aliphatic carbocycles. The SMILES string of the molecule is CC(=O)Cc1nc2c(s1)C(=O)/C(=C(\O)c1cncc(C)c1)CC2. The molecule has 0 aromatic carbocycles. The Hall–Kier alpha value is -2.34. The molecule has 0 bridgehead atoms. The van der Waals surface area contributed by atoms with Crippen LogP contribution in [0.3, 0.4) is 0 Å². The second kappa shape index (κ2) is 6.04. The quantitative estimate of drug-likeness (QED) is 0.692. The van der Waals surface area contributed by atoms with Crippen molar-refractivity contribution in [3.05, 3.63) is 50.7 Å². The van der Waals surface area contributed by atoms with Crippen molar-refractivity contribution in [2.45, 2.75) is 33.1 Å². The number of carbonyl (C=O) groups is 2. The highest BCUT2D eigenvalue weighted by Gasteiger charge is 2.29. The van der Waals surface area contributed by atoms with E-state index in [-0.39, 0.29) is 23.7 Å². The molecule has 1 N–H and O–H groups in total. The third-order valence-electron chi connectivity index (χ3n) is 3.67. The van der Waals surface area contributed by atoms with E-state index >= 15 is 0 Å². The minimum atomic E-state index is -0.197. The monoisotopic (exact) mass is 328 g/mol. The molecular weight excluding hydrogens is 312 g/mol. The molecular formula is C17H16N2O3S. The van der Waals surface area contributed by atoms with Crippen LogP contribution in [0.15, 0.2) is 24.0 Å². The first kappa shape index (κ1) is 15.6. The number of aryl methyl sites for hydroxylation is 2. The van der Waals surface area contributed by atoms with Crippen LogP contribution in [-0.4, -0.2) is 26.6 Å². The number of allylic oxidation sites excluding steroid dienone is 1. The maximum absolute atomic E-state index is 12.7. The predicted octanol–water partition coefficient (Wildman–Crippen LogP) is 3.08. The van der Waals surface area contributed by atoms with E-state index in [9.17, 15) is 14.7 Å². The van der Waals surface area contributed by atoms with Crippen molar-refractivity contribution in [3.63, 3.8) is 0 Å². The van der Waals surface area contributed by atoms with Crippen LogP contribution in [0.4, 0.5) is 0 Å². The van der Waals surface area contributed by atoms with Gasteiger partial charge >= 0.3 is 0 Å². The molecule has 0 unspecified atom stereocenters. The molecule has 0 saturated carbocycles. The largest absolute Gasteiger partial charge is 0.507 e. The Morgan fingerprint density at radius 2 is 2.13 bits per heavy atom. The molecule has 3 rings (SSSR count). The van der Waals surface area contributed by atoms with Crippen LogP contribution in [0.2, 0.25) is 0 Å². The number of hydrogen-bond acceptors (Lipinski definition) is 6. The number of ketones is 2. The molecule has 2 aromatic rings. The molecule has 0 atom stereocenters. The first-order valence-electron chi connectivity index (χ1n) is 7.32. The lowest BCUT2D eigenvalue weighted by molar-refractivity contribution is -0.116. The van der Waals surface area contributed by atoms with Crippen LogP contribution in [-0.2, 0) is 17.6 Å². The summed E-state index contributed by atoms with van der Waals surface area (Å²) in [6.07, 6.45) is 4.52. The molecule has 0 radical (unpaired) electrons. The minimum absolute atomic E-state index is 0.0154. The van der Waals surface area contributed by atoms with Crippen molar-refractivity contribution in [2.75, 3.05) is 0 Å². The van der Waals surface area contributed by atoms with E-state index in [0.29, 0.717) is 33.9 Å². The molecule has 0 fully saturated rings. The number of pyridine rings is 1. The zero-order valence-electron chi connectivity index (χ0n) is 12.9. The summed E-state index contributed by atoms with van der Waals surface area (Å²) in [6, 6.07) is 1.80. The fraction of sp³-hybridized carbons (Fsp3) is 0.294. The Bertz CT molecular complexity index is 836. The maximum atomic E-state index is 12.7. The van der Waals surface area contributed by atoms with E-state index in [0.717, 1.165) is 11.3 Å². The highest BCUT2D eigenvalue weighted by Crippen LogP contribution is 2.33. The van der Waals surface area contributed by atoms with Gasteiger partial charge in [0.1, 0.15) is 16.6 Å². The van der Waals surface area contributed by atoms with E-state index < -0.39 is 0 Å². The van der Waals surface area contributed by atoms with Crippen molar-refractivity contribution < 1.29 is 14.7 Å². The highest BCUT2D eigenvalue weighted by atomic mass is 32.1. The average Bonchev–Trinajstić information content (AvgIpc) is 2.89. The van der Waals surface area contributed by atoms with Crippen molar-refractivity contribution >= 4 is 28.7 Å². The second-order valence-corrected chi connectivity index (χ2v) is 6.75. The molecule has 0 amide bonds. The zero-order valence-corrected chi connectivity index (χ0v) is 13.7. The summed E-state index contributed by atoms with van der Waals surface area (Å²) >= 11 is 1.25. The number of fused-ring (bicyclic) bond motifs is 1. The van der Waals surface area contributed by atoms with Crippen LogP contribution in [0, 0.1) is 6.92 Å². The molecule has 0 spiro atoms. The van der Waals surface area contributed by atoms with E-state index in [2.05, 4.69) is 9.97 Å². The number of aliphatic hydroxyl groups is 1. The maximum Gasteiger partial charge on any atom is 0.204 e. The Morgan fingerprint density at radius 3 is 2.83 bits per heavy atom. The minimum Gasteiger partial charge on any atom is -0.507 e. The molecule has 118 valence electrons. The Kier molecular flexibility index (Phi) is 4.09. The lowest BCUT2D eigenvalue weighted by Crippen LogP contribution is -2.14. The van der Waals surface area contributed by atoms with Gasteiger partial charge < -0.3 is 5.11 Å². The van der Waals surface area contributed by atoms with Crippen LogP contribution < -0.4 is 0 Å². The van der Waals surface area contributed by atoms with Gasteiger partial charge in [-0.25, -0.2) is 4.98 Å². The van der Waals surface area contributed by atoms with Crippen LogP contribution in [0.1, 0.15) is 44.8 Å². The van der Waals surface area contributed by atoms with Gasteiger partial charge in [0.25, 0.3) is 0 Å².